The molecule has 216 valence electrons. The maximum atomic E-state index is 13.9. The summed E-state index contributed by atoms with van der Waals surface area (Å²) in [6, 6.07) is 10.4. The summed E-state index contributed by atoms with van der Waals surface area (Å²) in [5.74, 6) is -1.73. The predicted molar refractivity (Wildman–Crippen MR) is 145 cm³/mol. The highest BCUT2D eigenvalue weighted by Gasteiger charge is 2.35. The van der Waals surface area contributed by atoms with E-state index < -0.39 is 35.2 Å². The van der Waals surface area contributed by atoms with Crippen molar-refractivity contribution in [3.8, 4) is 16.9 Å². The molecule has 1 aliphatic rings. The van der Waals surface area contributed by atoms with Gasteiger partial charge in [-0.25, -0.2) is 14.2 Å². The number of benzene rings is 2. The Balaban J connectivity index is 1.71. The second-order valence-electron chi connectivity index (χ2n) is 11.2. The molecule has 1 N–H and O–H groups in total. The minimum absolute atomic E-state index is 0.00301. The number of nitrogens with zero attached hydrogens (tertiary/aromatic N) is 2. The number of fused-ring (bicyclic) bond motifs is 2. The van der Waals surface area contributed by atoms with Crippen LogP contribution in [0.3, 0.4) is 0 Å². The summed E-state index contributed by atoms with van der Waals surface area (Å²) < 4.78 is 67.4. The van der Waals surface area contributed by atoms with Crippen molar-refractivity contribution in [3.63, 3.8) is 0 Å². The predicted octanol–water partition coefficient (Wildman–Crippen LogP) is 7.48. The number of aliphatic carboxylic acids is 1. The molecule has 0 saturated carbocycles. The molecule has 41 heavy (non-hydrogen) atoms. The van der Waals surface area contributed by atoms with Crippen LogP contribution < -0.4 is 4.74 Å². The average molecular weight is 571 g/mol. The Morgan fingerprint density at radius 2 is 1.90 bits per heavy atom. The summed E-state index contributed by atoms with van der Waals surface area (Å²) >= 11 is 0. The Kier molecular flexibility index (Phi) is 7.31. The number of carbonyl (C=O) groups is 1. The Hall–Kier alpha value is -3.92. The van der Waals surface area contributed by atoms with Gasteiger partial charge in [0, 0.05) is 34.9 Å². The van der Waals surface area contributed by atoms with E-state index >= 15 is 0 Å². The highest BCUT2D eigenvalue weighted by molar-refractivity contribution is 5.98. The number of carboxylic acids is 1. The van der Waals surface area contributed by atoms with Crippen molar-refractivity contribution in [2.24, 2.45) is 0 Å². The molecular formula is C31H30F4N2O4. The van der Waals surface area contributed by atoms with E-state index in [4.69, 9.17) is 14.5 Å². The Morgan fingerprint density at radius 1 is 1.15 bits per heavy atom. The molecule has 4 aromatic rings. The minimum atomic E-state index is -4.83. The van der Waals surface area contributed by atoms with Crippen LogP contribution >= 0.6 is 0 Å². The molecule has 1 aliphatic heterocycles. The summed E-state index contributed by atoms with van der Waals surface area (Å²) in [7, 11) is 0. The number of aromatic nitrogens is 2. The highest BCUT2D eigenvalue weighted by Crippen LogP contribution is 2.42. The van der Waals surface area contributed by atoms with Gasteiger partial charge < -0.3 is 19.1 Å². The number of hydrogen-bond donors (Lipinski definition) is 1. The van der Waals surface area contributed by atoms with Gasteiger partial charge in [-0.3, -0.25) is 0 Å². The maximum Gasteiger partial charge on any atom is 0.419 e. The molecule has 0 fully saturated rings. The maximum absolute atomic E-state index is 13.9. The lowest BCUT2D eigenvalue weighted by molar-refractivity contribution is -0.160. The van der Waals surface area contributed by atoms with Crippen LogP contribution in [0.2, 0.25) is 0 Å². The molecule has 0 aliphatic carbocycles. The standard InChI is InChI=1S/C31H30F4N2O4/c1-17-25(27(29(38)39)41-30(2,3)4)26(20-8-10-24-19(15-20)6-5-13-40-24)21-11-12-37(28(21)36-17)16-18-7-9-23(32)22(14-18)31(33,34)35/h7-12,14-15,27H,5-6,13,16H2,1-4H3,(H,38,39). The lowest BCUT2D eigenvalue weighted by atomic mass is 9.90. The van der Waals surface area contributed by atoms with Gasteiger partial charge in [-0.15, -0.1) is 0 Å². The summed E-state index contributed by atoms with van der Waals surface area (Å²) in [6.07, 6.45) is -2.82. The normalized spacial score (nSPS) is 14.5. The Labute approximate surface area is 234 Å². The van der Waals surface area contributed by atoms with Gasteiger partial charge in [-0.2, -0.15) is 13.2 Å². The first kappa shape index (κ1) is 28.6. The molecule has 2 aromatic heterocycles. The van der Waals surface area contributed by atoms with Gasteiger partial charge in [0.25, 0.3) is 0 Å². The van der Waals surface area contributed by atoms with Crippen LogP contribution in [0.25, 0.3) is 22.2 Å². The summed E-state index contributed by atoms with van der Waals surface area (Å²) in [4.78, 5) is 17.3. The molecule has 0 radical (unpaired) electrons. The molecule has 10 heteroatoms. The fourth-order valence-electron chi connectivity index (χ4n) is 5.28. The zero-order valence-electron chi connectivity index (χ0n) is 23.1. The zero-order chi connectivity index (χ0) is 29.7. The third kappa shape index (κ3) is 5.79. The molecule has 2 aromatic carbocycles. The summed E-state index contributed by atoms with van der Waals surface area (Å²) in [5, 5.41) is 10.9. The van der Waals surface area contributed by atoms with Crippen LogP contribution in [0.5, 0.6) is 5.75 Å². The molecule has 3 heterocycles. The average Bonchev–Trinajstić information content (AvgIpc) is 3.28. The summed E-state index contributed by atoms with van der Waals surface area (Å²) in [6.45, 7) is 7.63. The molecule has 0 amide bonds. The number of alkyl halides is 3. The van der Waals surface area contributed by atoms with E-state index in [1.165, 1.54) is 6.07 Å². The van der Waals surface area contributed by atoms with Gasteiger partial charge in [-0.1, -0.05) is 12.1 Å². The lowest BCUT2D eigenvalue weighted by Gasteiger charge is -2.28. The number of carboxylic acid groups (broad SMARTS) is 1. The Morgan fingerprint density at radius 3 is 2.59 bits per heavy atom. The quantitative estimate of drug-likeness (QED) is 0.243. The molecule has 5 rings (SSSR count). The van der Waals surface area contributed by atoms with Crippen LogP contribution in [-0.4, -0.2) is 32.8 Å². The van der Waals surface area contributed by atoms with E-state index in [-0.39, 0.29) is 12.1 Å². The second-order valence-corrected chi connectivity index (χ2v) is 11.2. The topological polar surface area (TPSA) is 73.6 Å². The number of halogens is 4. The Bertz CT molecular complexity index is 1640. The van der Waals surface area contributed by atoms with E-state index in [1.807, 2.05) is 18.2 Å². The molecular weight excluding hydrogens is 540 g/mol. The van der Waals surface area contributed by atoms with Crippen LogP contribution in [0.1, 0.15) is 61.2 Å². The first-order valence-corrected chi connectivity index (χ1v) is 13.2. The zero-order valence-corrected chi connectivity index (χ0v) is 23.1. The van der Waals surface area contributed by atoms with Crippen molar-refractivity contribution < 1.29 is 36.9 Å². The first-order chi connectivity index (χ1) is 19.2. The summed E-state index contributed by atoms with van der Waals surface area (Å²) in [5.41, 5.74) is 1.75. The molecule has 1 atom stereocenters. The van der Waals surface area contributed by atoms with Crippen molar-refractivity contribution >= 4 is 17.0 Å². The van der Waals surface area contributed by atoms with Gasteiger partial charge in [0.15, 0.2) is 6.10 Å². The fraction of sp³-hybridized carbons (Fsp3) is 0.355. The van der Waals surface area contributed by atoms with E-state index in [1.54, 1.807) is 44.5 Å². The number of rotatable bonds is 6. The molecule has 0 bridgehead atoms. The molecule has 6 nitrogen and oxygen atoms in total. The van der Waals surface area contributed by atoms with Crippen LogP contribution in [0, 0.1) is 12.7 Å². The van der Waals surface area contributed by atoms with E-state index in [0.717, 1.165) is 41.9 Å². The van der Waals surface area contributed by atoms with E-state index in [2.05, 4.69) is 0 Å². The SMILES string of the molecule is Cc1nc2c(ccn2Cc2ccc(F)c(C(F)(F)F)c2)c(-c2ccc3c(c2)CCCO3)c1C(OC(C)(C)C)C(=O)O. The third-order valence-corrected chi connectivity index (χ3v) is 6.98. The smallest absolute Gasteiger partial charge is 0.419 e. The van der Waals surface area contributed by atoms with Gasteiger partial charge >= 0.3 is 12.1 Å². The van der Waals surface area contributed by atoms with Gasteiger partial charge in [0.05, 0.1) is 17.8 Å². The number of ether oxygens (including phenoxy) is 2. The number of pyridine rings is 1. The lowest BCUT2D eigenvalue weighted by Crippen LogP contribution is -2.28. The van der Waals surface area contributed by atoms with Crippen molar-refractivity contribution in [2.45, 2.75) is 65.0 Å². The highest BCUT2D eigenvalue weighted by atomic mass is 19.4. The second kappa shape index (κ2) is 10.5. The minimum Gasteiger partial charge on any atom is -0.493 e. The first-order valence-electron chi connectivity index (χ1n) is 13.2. The third-order valence-electron chi connectivity index (χ3n) is 6.98. The van der Waals surface area contributed by atoms with Crippen molar-refractivity contribution in [1.82, 2.24) is 9.55 Å². The number of hydrogen-bond acceptors (Lipinski definition) is 4. The van der Waals surface area contributed by atoms with Crippen LogP contribution in [0.15, 0.2) is 48.7 Å². The van der Waals surface area contributed by atoms with E-state index in [0.29, 0.717) is 34.5 Å². The van der Waals surface area contributed by atoms with Crippen LogP contribution in [0.4, 0.5) is 17.6 Å². The number of aryl methyl sites for hydroxylation is 2. The van der Waals surface area contributed by atoms with Crippen molar-refractivity contribution in [3.05, 3.63) is 82.4 Å². The molecule has 0 saturated heterocycles. The van der Waals surface area contributed by atoms with Crippen molar-refractivity contribution in [1.29, 1.82) is 0 Å². The van der Waals surface area contributed by atoms with Gasteiger partial charge in [0.1, 0.15) is 17.2 Å². The van der Waals surface area contributed by atoms with Gasteiger partial charge in [0.2, 0.25) is 0 Å². The largest absolute Gasteiger partial charge is 0.493 e. The molecule has 1 unspecified atom stereocenters. The monoisotopic (exact) mass is 570 g/mol. The van der Waals surface area contributed by atoms with Gasteiger partial charge in [-0.05, 0) is 87.6 Å². The van der Waals surface area contributed by atoms with E-state index in [9.17, 15) is 27.5 Å². The van der Waals surface area contributed by atoms with Crippen LogP contribution in [-0.2, 0) is 28.7 Å². The fourth-order valence-corrected chi connectivity index (χ4v) is 5.28. The van der Waals surface area contributed by atoms with Crippen molar-refractivity contribution in [2.75, 3.05) is 6.61 Å². The molecule has 0 spiro atoms.